The Bertz CT molecular complexity index is 121. The Morgan fingerprint density at radius 1 is 1.21 bits per heavy atom. The van der Waals surface area contributed by atoms with Crippen LogP contribution in [0.4, 0.5) is 0 Å². The minimum absolute atomic E-state index is 0.568. The van der Waals surface area contributed by atoms with E-state index in [0.29, 0.717) is 6.04 Å². The second-order valence-electron chi connectivity index (χ2n) is 3.55. The van der Waals surface area contributed by atoms with Crippen LogP contribution in [0.5, 0.6) is 0 Å². The quantitative estimate of drug-likeness (QED) is 0.473. The summed E-state index contributed by atoms with van der Waals surface area (Å²) in [5, 5.41) is 3.54. The lowest BCUT2D eigenvalue weighted by molar-refractivity contribution is 0.271. The van der Waals surface area contributed by atoms with Crippen LogP contribution in [-0.2, 0) is 8.85 Å². The van der Waals surface area contributed by atoms with Crippen molar-refractivity contribution in [2.75, 3.05) is 20.8 Å². The van der Waals surface area contributed by atoms with E-state index >= 15 is 0 Å². The first kappa shape index (κ1) is 14.1. The van der Waals surface area contributed by atoms with E-state index in [1.54, 1.807) is 14.2 Å². The molecule has 0 aromatic heterocycles. The number of hydrogen-bond acceptors (Lipinski definition) is 3. The van der Waals surface area contributed by atoms with Gasteiger partial charge in [-0.3, -0.25) is 0 Å². The molecule has 0 aromatic rings. The first-order chi connectivity index (χ1) is 6.78. The van der Waals surface area contributed by atoms with Gasteiger partial charge in [0, 0.05) is 26.3 Å². The first-order valence-corrected chi connectivity index (χ1v) is 7.33. The Kier molecular flexibility index (Phi) is 9.71. The molecule has 0 aromatic carbocycles. The lowest BCUT2D eigenvalue weighted by Crippen LogP contribution is -2.35. The van der Waals surface area contributed by atoms with Gasteiger partial charge in [0.15, 0.2) is 0 Å². The van der Waals surface area contributed by atoms with Crippen molar-refractivity contribution in [3.63, 3.8) is 0 Å². The van der Waals surface area contributed by atoms with E-state index in [1.807, 2.05) is 0 Å². The number of rotatable bonds is 9. The van der Waals surface area contributed by atoms with Gasteiger partial charge in [0.25, 0.3) is 0 Å². The average Bonchev–Trinajstić information content (AvgIpc) is 2.23. The summed E-state index contributed by atoms with van der Waals surface area (Å²) in [5.41, 5.74) is 0. The molecule has 0 aliphatic heterocycles. The SMILES string of the molecule is CCCCNC(CC)C[SiH](OC)OC. The Hall–Kier alpha value is 0.0969. The van der Waals surface area contributed by atoms with Gasteiger partial charge in [-0.2, -0.15) is 0 Å². The maximum absolute atomic E-state index is 5.31. The van der Waals surface area contributed by atoms with E-state index in [4.69, 9.17) is 8.85 Å². The van der Waals surface area contributed by atoms with Crippen LogP contribution < -0.4 is 5.32 Å². The maximum atomic E-state index is 5.31. The minimum Gasteiger partial charge on any atom is -0.400 e. The Balaban J connectivity index is 3.65. The third kappa shape index (κ3) is 6.54. The molecule has 1 N–H and O–H groups in total. The normalized spacial score (nSPS) is 13.5. The van der Waals surface area contributed by atoms with E-state index in [0.717, 1.165) is 19.0 Å². The lowest BCUT2D eigenvalue weighted by atomic mass is 10.2. The van der Waals surface area contributed by atoms with Gasteiger partial charge in [-0.25, -0.2) is 0 Å². The fraction of sp³-hybridized carbons (Fsp3) is 1.00. The fourth-order valence-corrected chi connectivity index (χ4v) is 2.94. The summed E-state index contributed by atoms with van der Waals surface area (Å²) < 4.78 is 10.6. The van der Waals surface area contributed by atoms with Gasteiger partial charge >= 0.3 is 9.28 Å². The highest BCUT2D eigenvalue weighted by molar-refractivity contribution is 6.44. The van der Waals surface area contributed by atoms with Gasteiger partial charge in [-0.05, 0) is 19.4 Å². The van der Waals surface area contributed by atoms with E-state index in [2.05, 4.69) is 19.2 Å². The summed E-state index contributed by atoms with van der Waals surface area (Å²) in [6.45, 7) is 5.54. The summed E-state index contributed by atoms with van der Waals surface area (Å²) in [4.78, 5) is 0. The van der Waals surface area contributed by atoms with Crippen LogP contribution in [-0.4, -0.2) is 36.1 Å². The monoisotopic (exact) mass is 219 g/mol. The average molecular weight is 219 g/mol. The topological polar surface area (TPSA) is 30.5 Å². The molecule has 0 heterocycles. The van der Waals surface area contributed by atoms with Crippen LogP contribution in [0.25, 0.3) is 0 Å². The van der Waals surface area contributed by atoms with Crippen molar-refractivity contribution >= 4 is 9.28 Å². The third-order valence-electron chi connectivity index (χ3n) is 2.46. The highest BCUT2D eigenvalue weighted by atomic mass is 28.3. The number of unbranched alkanes of at least 4 members (excludes halogenated alkanes) is 1. The largest absolute Gasteiger partial charge is 0.400 e. The zero-order chi connectivity index (χ0) is 10.8. The summed E-state index contributed by atoms with van der Waals surface area (Å²) in [6.07, 6.45) is 3.65. The molecular formula is C10H25NO2Si. The van der Waals surface area contributed by atoms with Gasteiger partial charge in [-0.15, -0.1) is 0 Å². The number of nitrogens with one attached hydrogen (secondary N) is 1. The summed E-state index contributed by atoms with van der Waals surface area (Å²) in [6, 6.07) is 1.63. The second-order valence-corrected chi connectivity index (χ2v) is 5.82. The molecule has 1 unspecified atom stereocenters. The lowest BCUT2D eigenvalue weighted by Gasteiger charge is -2.20. The molecule has 0 amide bonds. The van der Waals surface area contributed by atoms with Gasteiger partial charge in [0.1, 0.15) is 0 Å². The standard InChI is InChI=1S/C10H25NO2Si/c1-5-7-8-11-10(6-2)9-14(12-3)13-4/h10-11,14H,5-9H2,1-4H3. The van der Waals surface area contributed by atoms with E-state index in [9.17, 15) is 0 Å². The molecule has 86 valence electrons. The van der Waals surface area contributed by atoms with Crippen LogP contribution in [0.1, 0.15) is 33.1 Å². The molecule has 0 bridgehead atoms. The van der Waals surface area contributed by atoms with Crippen molar-refractivity contribution in [3.8, 4) is 0 Å². The zero-order valence-corrected chi connectivity index (χ0v) is 11.2. The van der Waals surface area contributed by atoms with Crippen molar-refractivity contribution in [3.05, 3.63) is 0 Å². The first-order valence-electron chi connectivity index (χ1n) is 5.57. The molecular weight excluding hydrogens is 194 g/mol. The molecule has 0 aliphatic carbocycles. The molecule has 0 aliphatic rings. The minimum atomic E-state index is -1.38. The highest BCUT2D eigenvalue weighted by Gasteiger charge is 2.16. The molecule has 3 nitrogen and oxygen atoms in total. The second kappa shape index (κ2) is 9.64. The predicted molar refractivity (Wildman–Crippen MR) is 63.0 cm³/mol. The van der Waals surface area contributed by atoms with Crippen LogP contribution in [0.3, 0.4) is 0 Å². The Morgan fingerprint density at radius 2 is 1.86 bits per heavy atom. The molecule has 1 atom stereocenters. The van der Waals surface area contributed by atoms with Gasteiger partial charge in [0.05, 0.1) is 0 Å². The van der Waals surface area contributed by atoms with E-state index in [-0.39, 0.29) is 0 Å². The van der Waals surface area contributed by atoms with Gasteiger partial charge in [0.2, 0.25) is 0 Å². The van der Waals surface area contributed by atoms with E-state index < -0.39 is 9.28 Å². The third-order valence-corrected chi connectivity index (χ3v) is 4.46. The molecule has 0 saturated heterocycles. The summed E-state index contributed by atoms with van der Waals surface area (Å²) >= 11 is 0. The molecule has 14 heavy (non-hydrogen) atoms. The zero-order valence-electron chi connectivity index (χ0n) is 10.0. The summed E-state index contributed by atoms with van der Waals surface area (Å²) in [7, 11) is 2.12. The van der Waals surface area contributed by atoms with Crippen molar-refractivity contribution in [1.82, 2.24) is 5.32 Å². The molecule has 0 radical (unpaired) electrons. The van der Waals surface area contributed by atoms with Crippen LogP contribution in [0, 0.1) is 0 Å². The molecule has 0 rings (SSSR count). The Labute approximate surface area is 90.0 Å². The maximum Gasteiger partial charge on any atom is 0.322 e. The van der Waals surface area contributed by atoms with Crippen LogP contribution in [0.15, 0.2) is 0 Å². The molecule has 0 spiro atoms. The highest BCUT2D eigenvalue weighted by Crippen LogP contribution is 2.04. The van der Waals surface area contributed by atoms with Crippen molar-refractivity contribution < 1.29 is 8.85 Å². The Morgan fingerprint density at radius 3 is 2.29 bits per heavy atom. The molecule has 0 saturated carbocycles. The van der Waals surface area contributed by atoms with Crippen LogP contribution in [0.2, 0.25) is 6.04 Å². The van der Waals surface area contributed by atoms with Gasteiger partial charge in [-0.1, -0.05) is 20.3 Å². The van der Waals surface area contributed by atoms with Crippen molar-refractivity contribution in [2.24, 2.45) is 0 Å². The van der Waals surface area contributed by atoms with Crippen molar-refractivity contribution in [1.29, 1.82) is 0 Å². The molecule has 0 fully saturated rings. The number of hydrogen-bond donors (Lipinski definition) is 1. The smallest absolute Gasteiger partial charge is 0.322 e. The van der Waals surface area contributed by atoms with Crippen LogP contribution >= 0.6 is 0 Å². The predicted octanol–water partition coefficient (Wildman–Crippen LogP) is 1.67. The van der Waals surface area contributed by atoms with Crippen molar-refractivity contribution in [2.45, 2.75) is 45.2 Å². The fourth-order valence-electron chi connectivity index (χ4n) is 1.40. The van der Waals surface area contributed by atoms with Gasteiger partial charge < -0.3 is 14.2 Å². The van der Waals surface area contributed by atoms with E-state index in [1.165, 1.54) is 12.8 Å². The summed E-state index contributed by atoms with van der Waals surface area (Å²) in [5.74, 6) is 0. The molecule has 4 heteroatoms.